The first-order chi connectivity index (χ1) is 9.26. The average molecular weight is 283 g/mol. The summed E-state index contributed by atoms with van der Waals surface area (Å²) in [6.07, 6.45) is 0. The van der Waals surface area contributed by atoms with E-state index in [4.69, 9.17) is 5.84 Å². The van der Waals surface area contributed by atoms with Crippen LogP contribution in [0.1, 0.15) is 6.92 Å². The fraction of sp³-hybridized carbons (Fsp3) is 0.500. The molecule has 0 saturated carbocycles. The van der Waals surface area contributed by atoms with E-state index in [9.17, 15) is 15.2 Å². The third-order valence-electron chi connectivity index (χ3n) is 2.69. The van der Waals surface area contributed by atoms with Crippen LogP contribution in [0.2, 0.25) is 0 Å². The number of hydrogen-bond acceptors (Lipinski definition) is 7. The van der Waals surface area contributed by atoms with Crippen LogP contribution in [0.5, 0.6) is 0 Å². The third kappa shape index (κ3) is 4.34. The monoisotopic (exact) mass is 283 g/mol. The van der Waals surface area contributed by atoms with Crippen molar-refractivity contribution in [3.05, 3.63) is 28.3 Å². The van der Waals surface area contributed by atoms with Crippen molar-refractivity contribution in [2.45, 2.75) is 12.5 Å². The Morgan fingerprint density at radius 3 is 2.55 bits per heavy atom. The van der Waals surface area contributed by atoms with E-state index in [0.29, 0.717) is 12.2 Å². The van der Waals surface area contributed by atoms with E-state index >= 15 is 0 Å². The van der Waals surface area contributed by atoms with Gasteiger partial charge in [0.2, 0.25) is 0 Å². The van der Waals surface area contributed by atoms with Crippen LogP contribution in [-0.4, -0.2) is 47.7 Å². The van der Waals surface area contributed by atoms with Crippen molar-refractivity contribution < 1.29 is 10.0 Å². The zero-order valence-corrected chi connectivity index (χ0v) is 11.9. The largest absolute Gasteiger partial charge is 0.387 e. The molecule has 0 amide bonds. The van der Waals surface area contributed by atoms with Crippen LogP contribution >= 0.6 is 0 Å². The first-order valence-electron chi connectivity index (χ1n) is 6.12. The van der Waals surface area contributed by atoms with Crippen LogP contribution < -0.4 is 16.6 Å². The number of aliphatic hydroxyl groups is 1. The summed E-state index contributed by atoms with van der Waals surface area (Å²) in [7, 11) is 3.69. The first-order valence-corrected chi connectivity index (χ1v) is 6.12. The van der Waals surface area contributed by atoms with Crippen molar-refractivity contribution in [2.24, 2.45) is 5.84 Å². The molecule has 0 aliphatic heterocycles. The number of benzene rings is 1. The molecule has 0 heterocycles. The fourth-order valence-electron chi connectivity index (χ4n) is 2.02. The van der Waals surface area contributed by atoms with Gasteiger partial charge in [0.1, 0.15) is 11.4 Å². The van der Waals surface area contributed by atoms with Gasteiger partial charge in [-0.3, -0.25) is 16.0 Å². The molecule has 112 valence electrons. The molecule has 0 aliphatic rings. The Balaban J connectivity index is 2.90. The molecule has 20 heavy (non-hydrogen) atoms. The standard InChI is InChI=1S/C12H21N5O3/c1-12(18,8-16(2)3)7-14-9-5-4-6-10(15-13)11(9)17(19)20/h4-6,14-15,18H,7-8,13H2,1-3H3. The topological polar surface area (TPSA) is 117 Å². The molecule has 8 heteroatoms. The summed E-state index contributed by atoms with van der Waals surface area (Å²) in [6, 6.07) is 4.73. The van der Waals surface area contributed by atoms with Gasteiger partial charge in [-0.25, -0.2) is 0 Å². The zero-order chi connectivity index (χ0) is 15.3. The molecule has 1 aromatic carbocycles. The summed E-state index contributed by atoms with van der Waals surface area (Å²) in [5, 5.41) is 24.2. The van der Waals surface area contributed by atoms with Crippen LogP contribution in [0.3, 0.4) is 0 Å². The minimum Gasteiger partial charge on any atom is -0.387 e. The minimum atomic E-state index is -1.01. The van der Waals surface area contributed by atoms with Gasteiger partial charge in [0, 0.05) is 13.1 Å². The molecule has 0 radical (unpaired) electrons. The number of nitrogens with one attached hydrogen (secondary N) is 2. The lowest BCUT2D eigenvalue weighted by Crippen LogP contribution is -2.43. The number of likely N-dealkylation sites (N-methyl/N-ethyl adjacent to an activating group) is 1. The van der Waals surface area contributed by atoms with Crippen LogP contribution in [0.25, 0.3) is 0 Å². The normalized spacial score (nSPS) is 13.9. The van der Waals surface area contributed by atoms with E-state index in [1.54, 1.807) is 19.1 Å². The smallest absolute Gasteiger partial charge is 0.316 e. The van der Waals surface area contributed by atoms with Gasteiger partial charge >= 0.3 is 5.69 Å². The summed E-state index contributed by atoms with van der Waals surface area (Å²) in [6.45, 7) is 2.28. The fourth-order valence-corrected chi connectivity index (χ4v) is 2.02. The van der Waals surface area contributed by atoms with Crippen LogP contribution in [0.15, 0.2) is 18.2 Å². The second-order valence-electron chi connectivity index (χ2n) is 5.19. The molecule has 8 nitrogen and oxygen atoms in total. The average Bonchev–Trinajstić information content (AvgIpc) is 2.34. The highest BCUT2D eigenvalue weighted by Crippen LogP contribution is 2.32. The quantitative estimate of drug-likeness (QED) is 0.329. The molecule has 0 aromatic heterocycles. The highest BCUT2D eigenvalue weighted by atomic mass is 16.6. The predicted octanol–water partition coefficient (Wildman–Crippen LogP) is 0.605. The molecule has 1 atom stereocenters. The maximum Gasteiger partial charge on any atom is 0.316 e. The zero-order valence-electron chi connectivity index (χ0n) is 11.9. The van der Waals surface area contributed by atoms with E-state index in [0.717, 1.165) is 0 Å². The van der Waals surface area contributed by atoms with E-state index in [1.165, 1.54) is 6.07 Å². The number of nitrogens with zero attached hydrogens (tertiary/aromatic N) is 2. The van der Waals surface area contributed by atoms with Gasteiger partial charge in [0.15, 0.2) is 0 Å². The van der Waals surface area contributed by atoms with Gasteiger partial charge in [0.25, 0.3) is 0 Å². The number of hydrazine groups is 1. The molecular formula is C12H21N5O3. The molecule has 0 spiro atoms. The molecule has 0 bridgehead atoms. The molecule has 1 aromatic rings. The number of rotatable bonds is 7. The van der Waals surface area contributed by atoms with Gasteiger partial charge < -0.3 is 20.7 Å². The Bertz CT molecular complexity index is 476. The molecule has 1 unspecified atom stereocenters. The molecule has 5 N–H and O–H groups in total. The summed E-state index contributed by atoms with van der Waals surface area (Å²) in [5.74, 6) is 5.27. The molecule has 0 fully saturated rings. The van der Waals surface area contributed by atoms with E-state index in [1.807, 2.05) is 19.0 Å². The van der Waals surface area contributed by atoms with Gasteiger partial charge in [-0.15, -0.1) is 0 Å². The number of hydrogen-bond donors (Lipinski definition) is 4. The number of anilines is 2. The van der Waals surface area contributed by atoms with E-state index in [2.05, 4.69) is 10.7 Å². The summed E-state index contributed by atoms with van der Waals surface area (Å²) in [4.78, 5) is 12.4. The predicted molar refractivity (Wildman–Crippen MR) is 78.6 cm³/mol. The highest BCUT2D eigenvalue weighted by molar-refractivity contribution is 5.75. The minimum absolute atomic E-state index is 0.143. The Morgan fingerprint density at radius 2 is 2.05 bits per heavy atom. The molecule has 1 rings (SSSR count). The van der Waals surface area contributed by atoms with Crippen molar-refractivity contribution in [2.75, 3.05) is 37.9 Å². The number of nitro groups is 1. The van der Waals surface area contributed by atoms with E-state index in [-0.39, 0.29) is 17.9 Å². The summed E-state index contributed by atoms with van der Waals surface area (Å²) in [5.41, 5.74) is 1.67. The summed E-state index contributed by atoms with van der Waals surface area (Å²) < 4.78 is 0. The second kappa shape index (κ2) is 6.51. The van der Waals surface area contributed by atoms with Crippen LogP contribution in [-0.2, 0) is 0 Å². The van der Waals surface area contributed by atoms with Gasteiger partial charge in [-0.05, 0) is 33.2 Å². The lowest BCUT2D eigenvalue weighted by molar-refractivity contribution is -0.383. The Morgan fingerprint density at radius 1 is 1.45 bits per heavy atom. The van der Waals surface area contributed by atoms with Crippen molar-refractivity contribution >= 4 is 17.1 Å². The number of nitro benzene ring substituents is 1. The van der Waals surface area contributed by atoms with Crippen LogP contribution in [0.4, 0.5) is 17.1 Å². The maximum absolute atomic E-state index is 11.1. The van der Waals surface area contributed by atoms with Crippen LogP contribution in [0, 0.1) is 10.1 Å². The van der Waals surface area contributed by atoms with Gasteiger partial charge in [-0.1, -0.05) is 6.07 Å². The lowest BCUT2D eigenvalue weighted by Gasteiger charge is -2.27. The molecule has 0 saturated heterocycles. The van der Waals surface area contributed by atoms with Crippen molar-refractivity contribution in [1.82, 2.24) is 4.90 Å². The second-order valence-corrected chi connectivity index (χ2v) is 5.19. The highest BCUT2D eigenvalue weighted by Gasteiger charge is 2.24. The van der Waals surface area contributed by atoms with Crippen molar-refractivity contribution in [3.8, 4) is 0 Å². The van der Waals surface area contributed by atoms with Gasteiger partial charge in [-0.2, -0.15) is 0 Å². The third-order valence-corrected chi connectivity index (χ3v) is 2.69. The maximum atomic E-state index is 11.1. The SMILES string of the molecule is CN(C)CC(C)(O)CNc1cccc(NN)c1[N+](=O)[O-]. The lowest BCUT2D eigenvalue weighted by atomic mass is 10.1. The number of para-hydroxylation sites is 1. The Labute approximate surface area is 117 Å². The van der Waals surface area contributed by atoms with E-state index < -0.39 is 10.5 Å². The summed E-state index contributed by atoms with van der Waals surface area (Å²) >= 11 is 0. The van der Waals surface area contributed by atoms with Crippen molar-refractivity contribution in [3.63, 3.8) is 0 Å². The Kier molecular flexibility index (Phi) is 5.26. The molecule has 0 aliphatic carbocycles. The van der Waals surface area contributed by atoms with Crippen molar-refractivity contribution in [1.29, 1.82) is 0 Å². The van der Waals surface area contributed by atoms with Gasteiger partial charge in [0.05, 0.1) is 10.5 Å². The molecular weight excluding hydrogens is 262 g/mol. The first kappa shape index (κ1) is 16.2. The number of nitrogen functional groups attached to an aromatic ring is 1. The Hall–Kier alpha value is -1.90. The number of nitrogens with two attached hydrogens (primary N) is 1.